The molecule has 4 aliphatic carbocycles. The van der Waals surface area contributed by atoms with Crippen molar-refractivity contribution < 1.29 is 0 Å². The van der Waals surface area contributed by atoms with Gasteiger partial charge in [0.05, 0.1) is 5.69 Å². The fraction of sp³-hybridized carbons (Fsp3) is 0.320. The van der Waals surface area contributed by atoms with E-state index in [0.29, 0.717) is 5.92 Å². The van der Waals surface area contributed by atoms with Crippen molar-refractivity contribution in [3.05, 3.63) is 150 Å². The molecule has 51 heavy (non-hydrogen) atoms. The minimum Gasteiger partial charge on any atom is -0.310 e. The van der Waals surface area contributed by atoms with Crippen LogP contribution in [0, 0.1) is 11.8 Å². The summed E-state index contributed by atoms with van der Waals surface area (Å²) >= 11 is 0. The summed E-state index contributed by atoms with van der Waals surface area (Å²) in [4.78, 5) is 2.60. The number of rotatable bonds is 6. The smallest absolute Gasteiger partial charge is 0.0543 e. The van der Waals surface area contributed by atoms with Gasteiger partial charge in [-0.3, -0.25) is 0 Å². The molecule has 0 saturated heterocycles. The molecule has 0 N–H and O–H groups in total. The first kappa shape index (κ1) is 31.1. The highest BCUT2D eigenvalue weighted by Gasteiger charge is 2.40. The van der Waals surface area contributed by atoms with Gasteiger partial charge in [0, 0.05) is 22.4 Å². The molecule has 4 aliphatic rings. The number of fused-ring (bicyclic) bond motifs is 6. The number of hydrogen-bond donors (Lipinski definition) is 0. The van der Waals surface area contributed by atoms with Crippen molar-refractivity contribution in [3.63, 3.8) is 0 Å². The lowest BCUT2D eigenvalue weighted by molar-refractivity contribution is 0.420. The van der Waals surface area contributed by atoms with Gasteiger partial charge < -0.3 is 4.90 Å². The summed E-state index contributed by atoms with van der Waals surface area (Å²) in [6.45, 7) is 4.83. The number of anilines is 3. The number of benzene rings is 6. The molecular formula is C50H49N. The fourth-order valence-corrected chi connectivity index (χ4v) is 10.9. The lowest BCUT2D eigenvalue weighted by Gasteiger charge is -2.32. The topological polar surface area (TPSA) is 3.24 Å². The molecule has 2 bridgehead atoms. The maximum atomic E-state index is 2.60. The quantitative estimate of drug-likeness (QED) is 0.171. The second-order valence-corrected chi connectivity index (χ2v) is 16.8. The molecule has 0 heterocycles. The van der Waals surface area contributed by atoms with Crippen molar-refractivity contribution in [3.8, 4) is 22.3 Å². The molecule has 1 heteroatoms. The maximum Gasteiger partial charge on any atom is 0.0543 e. The predicted molar refractivity (Wildman–Crippen MR) is 216 cm³/mol. The molecule has 6 aromatic rings. The fourth-order valence-electron chi connectivity index (χ4n) is 10.9. The third-order valence-electron chi connectivity index (χ3n) is 13.5. The van der Waals surface area contributed by atoms with Crippen LogP contribution in [0.3, 0.4) is 0 Å². The lowest BCUT2D eigenvalue weighted by atomic mass is 9.81. The first-order chi connectivity index (χ1) is 25.0. The van der Waals surface area contributed by atoms with Gasteiger partial charge in [-0.05, 0) is 142 Å². The highest BCUT2D eigenvalue weighted by atomic mass is 15.1. The van der Waals surface area contributed by atoms with Crippen LogP contribution in [0.4, 0.5) is 17.1 Å². The minimum atomic E-state index is -0.0980. The summed E-state index contributed by atoms with van der Waals surface area (Å²) in [6, 6.07) is 49.3. The number of hydrogen-bond acceptors (Lipinski definition) is 1. The van der Waals surface area contributed by atoms with Crippen LogP contribution in [0.5, 0.6) is 0 Å². The first-order valence-electron chi connectivity index (χ1n) is 19.8. The highest BCUT2D eigenvalue weighted by Crippen LogP contribution is 2.55. The Morgan fingerprint density at radius 2 is 1.29 bits per heavy atom. The van der Waals surface area contributed by atoms with Crippen LogP contribution in [0.25, 0.3) is 33.0 Å². The van der Waals surface area contributed by atoms with Gasteiger partial charge in [-0.25, -0.2) is 0 Å². The van der Waals surface area contributed by atoms with E-state index >= 15 is 0 Å². The third kappa shape index (κ3) is 5.18. The molecule has 254 valence electrons. The molecule has 10 rings (SSSR count). The Labute approximate surface area is 304 Å². The van der Waals surface area contributed by atoms with E-state index in [0.717, 1.165) is 17.8 Å². The summed E-state index contributed by atoms with van der Waals surface area (Å²) in [5, 5.41) is 2.58. The zero-order chi connectivity index (χ0) is 34.1. The first-order valence-corrected chi connectivity index (χ1v) is 19.8. The van der Waals surface area contributed by atoms with Crippen LogP contribution < -0.4 is 4.90 Å². The molecule has 3 saturated carbocycles. The van der Waals surface area contributed by atoms with Crippen LogP contribution in [-0.2, 0) is 5.41 Å². The highest BCUT2D eigenvalue weighted by molar-refractivity contribution is 6.03. The lowest BCUT2D eigenvalue weighted by Crippen LogP contribution is -2.17. The van der Waals surface area contributed by atoms with Gasteiger partial charge in [0.1, 0.15) is 0 Å². The van der Waals surface area contributed by atoms with E-state index in [4.69, 9.17) is 0 Å². The molecule has 0 aliphatic heterocycles. The Balaban J connectivity index is 1.21. The molecular weight excluding hydrogens is 615 g/mol. The van der Waals surface area contributed by atoms with E-state index in [9.17, 15) is 0 Å². The minimum absolute atomic E-state index is 0.0980. The van der Waals surface area contributed by atoms with Crippen molar-refractivity contribution >= 4 is 27.8 Å². The molecule has 3 fully saturated rings. The molecule has 1 nitrogen and oxygen atoms in total. The standard InChI is InChI=1S/C50H49N/c1-50(2)47-21-9-8-19-43(47)45-31-46(42-20-11-15-35-14-6-7-18-41(35)42)49(32-48(45)50)51(40-17-10-16-37(30-40)34-12-4-3-5-13-34)39-26-24-36(25-27-39)44-29-33-22-23-38(44)28-33/h6-11,14-21,24-27,30-34,38,44H,3-5,12-13,22-23,28-29H2,1-2H3. The van der Waals surface area contributed by atoms with Gasteiger partial charge in [0.2, 0.25) is 0 Å². The van der Waals surface area contributed by atoms with Crippen LogP contribution in [-0.4, -0.2) is 0 Å². The Morgan fingerprint density at radius 1 is 0.529 bits per heavy atom. The summed E-state index contributed by atoms with van der Waals surface area (Å²) in [5.41, 5.74) is 14.9. The Kier molecular flexibility index (Phi) is 7.49. The molecule has 0 aromatic heterocycles. The van der Waals surface area contributed by atoms with Crippen molar-refractivity contribution in [1.82, 2.24) is 0 Å². The second kappa shape index (κ2) is 12.3. The summed E-state index contributed by atoms with van der Waals surface area (Å²) in [5.74, 6) is 3.20. The van der Waals surface area contributed by atoms with Gasteiger partial charge in [0.15, 0.2) is 0 Å². The van der Waals surface area contributed by atoms with Gasteiger partial charge in [-0.1, -0.05) is 131 Å². The van der Waals surface area contributed by atoms with E-state index in [1.165, 1.54) is 125 Å². The van der Waals surface area contributed by atoms with Gasteiger partial charge in [0.25, 0.3) is 0 Å². The summed E-state index contributed by atoms with van der Waals surface area (Å²) in [7, 11) is 0. The molecule has 0 radical (unpaired) electrons. The van der Waals surface area contributed by atoms with Crippen molar-refractivity contribution in [2.75, 3.05) is 4.90 Å². The second-order valence-electron chi connectivity index (χ2n) is 16.8. The van der Waals surface area contributed by atoms with Gasteiger partial charge >= 0.3 is 0 Å². The molecule has 3 unspecified atom stereocenters. The van der Waals surface area contributed by atoms with E-state index in [2.05, 4.69) is 146 Å². The van der Waals surface area contributed by atoms with E-state index in [1.807, 2.05) is 0 Å². The largest absolute Gasteiger partial charge is 0.310 e. The summed E-state index contributed by atoms with van der Waals surface area (Å²) in [6.07, 6.45) is 12.3. The maximum absolute atomic E-state index is 2.60. The number of nitrogens with zero attached hydrogens (tertiary/aromatic N) is 1. The van der Waals surface area contributed by atoms with Crippen LogP contribution in [0.15, 0.2) is 127 Å². The van der Waals surface area contributed by atoms with Crippen LogP contribution >= 0.6 is 0 Å². The van der Waals surface area contributed by atoms with E-state index in [1.54, 1.807) is 5.56 Å². The molecule has 0 amide bonds. The van der Waals surface area contributed by atoms with Crippen molar-refractivity contribution in [2.24, 2.45) is 11.8 Å². The summed E-state index contributed by atoms with van der Waals surface area (Å²) < 4.78 is 0. The van der Waals surface area contributed by atoms with Crippen LogP contribution in [0.1, 0.15) is 106 Å². The van der Waals surface area contributed by atoms with Crippen molar-refractivity contribution in [1.29, 1.82) is 0 Å². The SMILES string of the molecule is CC1(C)c2ccccc2-c2cc(-c3cccc4ccccc34)c(N(c3ccc(C4CC5CCC4C5)cc3)c3cccc(C4CCCCC4)c3)cc21. The molecule has 3 atom stereocenters. The van der Waals surface area contributed by atoms with Gasteiger partial charge in [-0.2, -0.15) is 0 Å². The Bertz CT molecular complexity index is 2250. The normalized spacial score (nSPS) is 21.9. The zero-order valence-electron chi connectivity index (χ0n) is 30.2. The monoisotopic (exact) mass is 663 g/mol. The average Bonchev–Trinajstić information content (AvgIpc) is 3.88. The Hall–Kier alpha value is -4.62. The molecule has 6 aromatic carbocycles. The predicted octanol–water partition coefficient (Wildman–Crippen LogP) is 14.2. The molecule has 0 spiro atoms. The Morgan fingerprint density at radius 3 is 2.12 bits per heavy atom. The zero-order valence-corrected chi connectivity index (χ0v) is 30.2. The van der Waals surface area contributed by atoms with Crippen molar-refractivity contribution in [2.45, 2.75) is 88.9 Å². The third-order valence-corrected chi connectivity index (χ3v) is 13.5. The average molecular weight is 664 g/mol. The van der Waals surface area contributed by atoms with E-state index in [-0.39, 0.29) is 5.41 Å². The van der Waals surface area contributed by atoms with Gasteiger partial charge in [-0.15, -0.1) is 0 Å². The van der Waals surface area contributed by atoms with Crippen LogP contribution in [0.2, 0.25) is 0 Å². The van der Waals surface area contributed by atoms with E-state index < -0.39 is 0 Å².